The number of nitrogens with zero attached hydrogens (tertiary/aromatic N) is 3. The highest BCUT2D eigenvalue weighted by Gasteiger charge is 2.46. The molecular formula is C28H27FN4O. The van der Waals surface area contributed by atoms with Gasteiger partial charge in [0.1, 0.15) is 11.6 Å². The first-order valence-electron chi connectivity index (χ1n) is 12.4. The number of aromatic nitrogens is 3. The lowest BCUT2D eigenvalue weighted by molar-refractivity contribution is 0.0885. The second-order valence-corrected chi connectivity index (χ2v) is 10.4. The summed E-state index contributed by atoms with van der Waals surface area (Å²) in [6, 6.07) is 12.8. The van der Waals surface area contributed by atoms with Gasteiger partial charge in [0.15, 0.2) is 0 Å². The molecule has 6 heteroatoms. The second kappa shape index (κ2) is 7.62. The lowest BCUT2D eigenvalue weighted by Crippen LogP contribution is -2.17. The number of carbonyl (C=O) groups is 1. The number of fused-ring (bicyclic) bond motifs is 4. The van der Waals surface area contributed by atoms with Gasteiger partial charge in [-0.1, -0.05) is 0 Å². The van der Waals surface area contributed by atoms with Gasteiger partial charge in [0.25, 0.3) is 5.91 Å². The van der Waals surface area contributed by atoms with E-state index in [1.54, 1.807) is 12.1 Å². The largest absolute Gasteiger partial charge is 0.342 e. The van der Waals surface area contributed by atoms with E-state index in [4.69, 9.17) is 4.98 Å². The third-order valence-electron chi connectivity index (χ3n) is 8.40. The van der Waals surface area contributed by atoms with Gasteiger partial charge in [-0.05, 0) is 97.4 Å². The van der Waals surface area contributed by atoms with Crippen LogP contribution >= 0.6 is 0 Å². The molecular weight excluding hydrogens is 427 g/mol. The summed E-state index contributed by atoms with van der Waals surface area (Å²) in [4.78, 5) is 26.8. The Kier molecular flexibility index (Phi) is 4.51. The van der Waals surface area contributed by atoms with E-state index < -0.39 is 0 Å². The third-order valence-corrected chi connectivity index (χ3v) is 8.40. The van der Waals surface area contributed by atoms with Crippen molar-refractivity contribution in [1.82, 2.24) is 19.9 Å². The number of hydrogen-bond acceptors (Lipinski definition) is 3. The predicted octanol–water partition coefficient (Wildman–Crippen LogP) is 5.47. The number of hydrogen-bond donors (Lipinski definition) is 1. The molecule has 2 saturated carbocycles. The van der Waals surface area contributed by atoms with E-state index in [0.29, 0.717) is 11.8 Å². The van der Waals surface area contributed by atoms with E-state index in [2.05, 4.69) is 16.0 Å². The average Bonchev–Trinajstić information content (AvgIpc) is 3.32. The molecule has 7 rings (SSSR count). The second-order valence-electron chi connectivity index (χ2n) is 10.4. The van der Waals surface area contributed by atoms with Gasteiger partial charge < -0.3 is 9.88 Å². The van der Waals surface area contributed by atoms with Gasteiger partial charge in [-0.25, -0.2) is 9.37 Å². The molecule has 4 unspecified atom stereocenters. The summed E-state index contributed by atoms with van der Waals surface area (Å²) >= 11 is 0. The zero-order valence-corrected chi connectivity index (χ0v) is 19.0. The van der Waals surface area contributed by atoms with E-state index in [0.717, 1.165) is 71.1 Å². The number of halogens is 1. The predicted molar refractivity (Wildman–Crippen MR) is 129 cm³/mol. The topological polar surface area (TPSA) is 61.6 Å². The SMILES string of the molecule is O=C(c1ccc2nc(CCC3CC4CC3CC4c3ccnc4ccc(F)cc34)[nH]c2c1)N1CC1. The molecule has 2 aliphatic carbocycles. The van der Waals surface area contributed by atoms with Crippen LogP contribution in [0.15, 0.2) is 48.7 Å². The lowest BCUT2D eigenvalue weighted by atomic mass is 9.76. The summed E-state index contributed by atoms with van der Waals surface area (Å²) in [5, 5.41) is 0.982. The van der Waals surface area contributed by atoms with E-state index >= 15 is 0 Å². The van der Waals surface area contributed by atoms with Crippen molar-refractivity contribution in [2.45, 2.75) is 38.0 Å². The standard InChI is InChI=1S/C28H27FN4O/c29-20-3-5-24-23(15-20)21(7-8-30-24)22-13-18-12-19(22)11-16(18)2-6-27-31-25-4-1-17(14-26(25)32-27)28(34)33-9-10-33/h1,3-5,7-8,14-16,18-19,22H,2,6,9-13H2,(H,31,32). The minimum absolute atomic E-state index is 0.110. The van der Waals surface area contributed by atoms with Gasteiger partial charge in [0, 0.05) is 36.7 Å². The average molecular weight is 455 g/mol. The van der Waals surface area contributed by atoms with Crippen LogP contribution in [0.2, 0.25) is 0 Å². The zero-order chi connectivity index (χ0) is 22.8. The number of aryl methyl sites for hydroxylation is 1. The molecule has 2 aromatic heterocycles. The Labute approximate surface area is 197 Å². The quantitative estimate of drug-likeness (QED) is 0.407. The van der Waals surface area contributed by atoms with Crippen LogP contribution in [0.4, 0.5) is 4.39 Å². The molecule has 172 valence electrons. The molecule has 4 atom stereocenters. The summed E-state index contributed by atoms with van der Waals surface area (Å²) in [7, 11) is 0. The van der Waals surface area contributed by atoms with Crippen molar-refractivity contribution in [2.24, 2.45) is 17.8 Å². The van der Waals surface area contributed by atoms with Crippen molar-refractivity contribution < 1.29 is 9.18 Å². The number of rotatable bonds is 5. The monoisotopic (exact) mass is 454 g/mol. The van der Waals surface area contributed by atoms with E-state index in [9.17, 15) is 9.18 Å². The van der Waals surface area contributed by atoms with Crippen molar-refractivity contribution in [2.75, 3.05) is 13.1 Å². The molecule has 0 radical (unpaired) electrons. The van der Waals surface area contributed by atoms with Crippen LogP contribution < -0.4 is 0 Å². The molecule has 3 aliphatic rings. The van der Waals surface area contributed by atoms with Crippen LogP contribution in [0.1, 0.15) is 53.3 Å². The highest BCUT2D eigenvalue weighted by molar-refractivity contribution is 5.98. The van der Waals surface area contributed by atoms with Crippen molar-refractivity contribution in [3.63, 3.8) is 0 Å². The Morgan fingerprint density at radius 3 is 2.74 bits per heavy atom. The molecule has 4 aromatic rings. The van der Waals surface area contributed by atoms with Crippen LogP contribution in [0.5, 0.6) is 0 Å². The summed E-state index contributed by atoms with van der Waals surface area (Å²) < 4.78 is 13.9. The van der Waals surface area contributed by atoms with Gasteiger partial charge >= 0.3 is 0 Å². The summed E-state index contributed by atoms with van der Waals surface area (Å²) in [6.07, 6.45) is 7.65. The molecule has 5 nitrogen and oxygen atoms in total. The Morgan fingerprint density at radius 2 is 1.91 bits per heavy atom. The summed E-state index contributed by atoms with van der Waals surface area (Å²) in [6.45, 7) is 1.73. The molecule has 3 heterocycles. The lowest BCUT2D eigenvalue weighted by Gasteiger charge is -2.29. The van der Waals surface area contributed by atoms with Crippen molar-refractivity contribution in [3.05, 3.63) is 71.4 Å². The Bertz CT molecular complexity index is 1420. The van der Waals surface area contributed by atoms with Gasteiger partial charge in [-0.2, -0.15) is 0 Å². The van der Waals surface area contributed by atoms with Crippen molar-refractivity contribution in [3.8, 4) is 0 Å². The molecule has 1 saturated heterocycles. The van der Waals surface area contributed by atoms with Crippen LogP contribution in [0.3, 0.4) is 0 Å². The minimum Gasteiger partial charge on any atom is -0.342 e. The maximum atomic E-state index is 13.9. The Morgan fingerprint density at radius 1 is 1.03 bits per heavy atom. The molecule has 3 fully saturated rings. The Hall–Kier alpha value is -3.28. The number of aromatic amines is 1. The summed E-state index contributed by atoms with van der Waals surface area (Å²) in [5.74, 6) is 3.58. The van der Waals surface area contributed by atoms with E-state index in [1.807, 2.05) is 29.3 Å². The number of imidazole rings is 1. The highest BCUT2D eigenvalue weighted by Crippen LogP contribution is 2.57. The number of pyridine rings is 1. The number of nitrogens with one attached hydrogen (secondary N) is 1. The zero-order valence-electron chi connectivity index (χ0n) is 19.0. The first-order valence-corrected chi connectivity index (χ1v) is 12.4. The third kappa shape index (κ3) is 3.39. The molecule has 34 heavy (non-hydrogen) atoms. The maximum absolute atomic E-state index is 13.9. The minimum atomic E-state index is -0.185. The van der Waals surface area contributed by atoms with Gasteiger partial charge in [-0.3, -0.25) is 9.78 Å². The van der Waals surface area contributed by atoms with Crippen LogP contribution in [-0.4, -0.2) is 38.8 Å². The van der Waals surface area contributed by atoms with E-state index in [-0.39, 0.29) is 11.7 Å². The molecule has 2 bridgehead atoms. The van der Waals surface area contributed by atoms with Crippen LogP contribution in [-0.2, 0) is 6.42 Å². The van der Waals surface area contributed by atoms with Gasteiger partial charge in [0.2, 0.25) is 0 Å². The van der Waals surface area contributed by atoms with Crippen LogP contribution in [0, 0.1) is 23.6 Å². The number of carbonyl (C=O) groups excluding carboxylic acids is 1. The smallest absolute Gasteiger partial charge is 0.254 e. The van der Waals surface area contributed by atoms with Gasteiger partial charge in [0.05, 0.1) is 16.6 Å². The first kappa shape index (κ1) is 20.1. The highest BCUT2D eigenvalue weighted by atomic mass is 19.1. The fourth-order valence-electron chi connectivity index (χ4n) is 6.66. The first-order chi connectivity index (χ1) is 16.6. The molecule has 1 amide bonds. The number of H-pyrrole nitrogens is 1. The molecule has 0 spiro atoms. The Balaban J connectivity index is 1.04. The summed E-state index contributed by atoms with van der Waals surface area (Å²) in [5.41, 5.74) is 4.79. The van der Waals surface area contributed by atoms with Crippen LogP contribution in [0.25, 0.3) is 21.9 Å². The number of benzene rings is 2. The van der Waals surface area contributed by atoms with E-state index in [1.165, 1.54) is 30.9 Å². The fraction of sp³-hybridized carbons (Fsp3) is 0.393. The van der Waals surface area contributed by atoms with Crippen molar-refractivity contribution in [1.29, 1.82) is 0 Å². The molecule has 1 N–H and O–H groups in total. The fourth-order valence-corrected chi connectivity index (χ4v) is 6.66. The molecule has 2 aromatic carbocycles. The maximum Gasteiger partial charge on any atom is 0.254 e. The molecule has 1 aliphatic heterocycles. The van der Waals surface area contributed by atoms with Crippen molar-refractivity contribution >= 4 is 27.8 Å². The normalized spacial score (nSPS) is 25.5. The number of amides is 1. The van der Waals surface area contributed by atoms with Gasteiger partial charge in [-0.15, -0.1) is 0 Å².